The van der Waals surface area contributed by atoms with E-state index in [1.165, 1.54) is 10.1 Å². The van der Waals surface area contributed by atoms with Gasteiger partial charge in [-0.2, -0.15) is 0 Å². The summed E-state index contributed by atoms with van der Waals surface area (Å²) in [6, 6.07) is 52.6. The molecule has 2 heterocycles. The molecule has 0 aliphatic heterocycles. The first-order valence-electron chi connectivity index (χ1n) is 14.3. The highest BCUT2D eigenvalue weighted by atomic mass is 32.1. The molecule has 43 heavy (non-hydrogen) atoms. The zero-order valence-electron chi connectivity index (χ0n) is 23.2. The van der Waals surface area contributed by atoms with Crippen LogP contribution >= 0.6 is 11.3 Å². The molecule has 0 aliphatic carbocycles. The Morgan fingerprint density at radius 3 is 1.63 bits per heavy atom. The van der Waals surface area contributed by atoms with Crippen molar-refractivity contribution >= 4 is 32.3 Å². The Kier molecular flexibility index (Phi) is 6.32. The van der Waals surface area contributed by atoms with E-state index in [0.717, 1.165) is 60.7 Å². The second-order valence-electron chi connectivity index (χ2n) is 10.5. The topological polar surface area (TPSA) is 38.7 Å². The molecule has 0 saturated carbocycles. The molecule has 0 aliphatic rings. The molecule has 4 heteroatoms. The van der Waals surface area contributed by atoms with Gasteiger partial charge in [-0.15, -0.1) is 11.3 Å². The van der Waals surface area contributed by atoms with Gasteiger partial charge in [-0.1, -0.05) is 127 Å². The number of thiazole rings is 1. The summed E-state index contributed by atoms with van der Waals surface area (Å²) in [6.45, 7) is 0. The third-order valence-electron chi connectivity index (χ3n) is 7.72. The minimum absolute atomic E-state index is 0.706. The summed E-state index contributed by atoms with van der Waals surface area (Å²) in [5, 5.41) is 3.39. The average Bonchev–Trinajstić information content (AvgIpc) is 3.54. The fourth-order valence-electron chi connectivity index (χ4n) is 5.52. The molecular weight excluding hydrogens is 543 g/mol. The second-order valence-corrected chi connectivity index (χ2v) is 11.5. The zero-order valence-corrected chi connectivity index (χ0v) is 24.0. The summed E-state index contributed by atoms with van der Waals surface area (Å²) in [6.07, 6.45) is 0. The third-order valence-corrected chi connectivity index (χ3v) is 8.79. The van der Waals surface area contributed by atoms with Gasteiger partial charge in [-0.3, -0.25) is 0 Å². The Hall–Kier alpha value is -5.45. The highest BCUT2D eigenvalue weighted by Gasteiger charge is 2.13. The van der Waals surface area contributed by atoms with Crippen LogP contribution in [-0.2, 0) is 0 Å². The fraction of sp³-hybridized carbons (Fsp3) is 0. The SMILES string of the molecule is c1ccc(-c2cc(-c3ccccc3)nc(-c3cccc(-c4ccc5ccc6sc(-c7ccccc7)nc6c5c4)c3)n2)cc1. The van der Waals surface area contributed by atoms with Crippen LogP contribution < -0.4 is 0 Å². The molecule has 0 unspecified atom stereocenters. The van der Waals surface area contributed by atoms with Crippen molar-refractivity contribution in [2.45, 2.75) is 0 Å². The predicted molar refractivity (Wildman–Crippen MR) is 180 cm³/mol. The number of hydrogen-bond acceptors (Lipinski definition) is 4. The monoisotopic (exact) mass is 567 g/mol. The first-order chi connectivity index (χ1) is 21.3. The van der Waals surface area contributed by atoms with Crippen molar-refractivity contribution in [2.24, 2.45) is 0 Å². The van der Waals surface area contributed by atoms with Gasteiger partial charge in [0.05, 0.1) is 21.6 Å². The molecule has 0 saturated heterocycles. The number of fused-ring (bicyclic) bond motifs is 3. The first-order valence-corrected chi connectivity index (χ1v) is 15.1. The van der Waals surface area contributed by atoms with Crippen molar-refractivity contribution in [1.82, 2.24) is 15.0 Å². The normalized spacial score (nSPS) is 11.3. The molecule has 0 spiro atoms. The summed E-state index contributed by atoms with van der Waals surface area (Å²) in [4.78, 5) is 15.2. The number of nitrogens with zero attached hydrogens (tertiary/aromatic N) is 3. The Labute approximate surface area is 253 Å². The molecule has 8 rings (SSSR count). The lowest BCUT2D eigenvalue weighted by Gasteiger charge is -2.11. The third kappa shape index (κ3) is 4.88. The lowest BCUT2D eigenvalue weighted by molar-refractivity contribution is 1.18. The predicted octanol–water partition coefficient (Wildman–Crippen LogP) is 10.6. The van der Waals surface area contributed by atoms with Crippen LogP contribution in [0.25, 0.3) is 76.6 Å². The van der Waals surface area contributed by atoms with Gasteiger partial charge in [0, 0.05) is 27.6 Å². The lowest BCUT2D eigenvalue weighted by atomic mass is 9.99. The van der Waals surface area contributed by atoms with Gasteiger partial charge in [0.2, 0.25) is 0 Å². The molecule has 202 valence electrons. The van der Waals surface area contributed by atoms with E-state index in [4.69, 9.17) is 15.0 Å². The number of benzene rings is 6. The van der Waals surface area contributed by atoms with Gasteiger partial charge >= 0.3 is 0 Å². The van der Waals surface area contributed by atoms with Crippen LogP contribution in [0.1, 0.15) is 0 Å². The Morgan fingerprint density at radius 2 is 0.953 bits per heavy atom. The van der Waals surface area contributed by atoms with Gasteiger partial charge in [-0.25, -0.2) is 15.0 Å². The molecule has 8 aromatic rings. The van der Waals surface area contributed by atoms with E-state index < -0.39 is 0 Å². The van der Waals surface area contributed by atoms with Crippen LogP contribution in [0.5, 0.6) is 0 Å². The molecule has 0 bridgehead atoms. The molecule has 0 fully saturated rings. The number of rotatable bonds is 5. The molecular formula is C39H25N3S. The molecule has 0 N–H and O–H groups in total. The molecule has 6 aromatic carbocycles. The lowest BCUT2D eigenvalue weighted by Crippen LogP contribution is -1.96. The minimum atomic E-state index is 0.706. The Balaban J connectivity index is 1.24. The van der Waals surface area contributed by atoms with Crippen molar-refractivity contribution in [2.75, 3.05) is 0 Å². The minimum Gasteiger partial charge on any atom is -0.235 e. The molecule has 0 radical (unpaired) electrons. The van der Waals surface area contributed by atoms with E-state index in [1.807, 2.05) is 42.5 Å². The van der Waals surface area contributed by atoms with Crippen molar-refractivity contribution in [1.29, 1.82) is 0 Å². The summed E-state index contributed by atoms with van der Waals surface area (Å²) in [5.74, 6) is 0.706. The van der Waals surface area contributed by atoms with Gasteiger partial charge in [0.1, 0.15) is 5.01 Å². The number of hydrogen-bond donors (Lipinski definition) is 0. The molecule has 0 atom stereocenters. The van der Waals surface area contributed by atoms with Crippen LogP contribution in [0.15, 0.2) is 152 Å². The molecule has 3 nitrogen and oxygen atoms in total. The summed E-state index contributed by atoms with van der Waals surface area (Å²) in [5.41, 5.74) is 9.36. The number of aromatic nitrogens is 3. The van der Waals surface area contributed by atoms with Gasteiger partial charge in [-0.05, 0) is 40.8 Å². The van der Waals surface area contributed by atoms with Crippen LogP contribution in [0.4, 0.5) is 0 Å². The smallest absolute Gasteiger partial charge is 0.160 e. The standard InChI is InChI=1S/C39H25N3S/c1-4-11-27(12-5-1)34-25-35(28-13-6-2-7-14-28)41-38(40-34)32-18-10-17-30(23-32)31-20-19-26-21-22-36-37(33(26)24-31)42-39(43-36)29-15-8-3-9-16-29/h1-25H. The molecule has 2 aromatic heterocycles. The van der Waals surface area contributed by atoms with E-state index in [1.54, 1.807) is 11.3 Å². The highest BCUT2D eigenvalue weighted by molar-refractivity contribution is 7.21. The maximum absolute atomic E-state index is 5.09. The largest absolute Gasteiger partial charge is 0.235 e. The zero-order chi connectivity index (χ0) is 28.6. The van der Waals surface area contributed by atoms with Gasteiger partial charge in [0.25, 0.3) is 0 Å². The van der Waals surface area contributed by atoms with E-state index in [-0.39, 0.29) is 0 Å². The van der Waals surface area contributed by atoms with E-state index >= 15 is 0 Å². The maximum Gasteiger partial charge on any atom is 0.160 e. The van der Waals surface area contributed by atoms with Crippen molar-refractivity contribution in [3.05, 3.63) is 152 Å². The quantitative estimate of drug-likeness (QED) is 0.208. The molecule has 0 amide bonds. The second kappa shape index (κ2) is 10.8. The summed E-state index contributed by atoms with van der Waals surface area (Å²) in [7, 11) is 0. The van der Waals surface area contributed by atoms with Gasteiger partial charge in [0.15, 0.2) is 5.82 Å². The fourth-order valence-corrected chi connectivity index (χ4v) is 6.51. The Morgan fingerprint density at radius 1 is 0.395 bits per heavy atom. The van der Waals surface area contributed by atoms with Crippen molar-refractivity contribution in [3.8, 4) is 55.6 Å². The Bertz CT molecular complexity index is 2170. The summed E-state index contributed by atoms with van der Waals surface area (Å²) >= 11 is 1.74. The van der Waals surface area contributed by atoms with Crippen molar-refractivity contribution < 1.29 is 0 Å². The van der Waals surface area contributed by atoms with E-state index in [9.17, 15) is 0 Å². The van der Waals surface area contributed by atoms with Crippen LogP contribution in [0.3, 0.4) is 0 Å². The van der Waals surface area contributed by atoms with E-state index in [2.05, 4.69) is 109 Å². The maximum atomic E-state index is 5.09. The van der Waals surface area contributed by atoms with Crippen LogP contribution in [-0.4, -0.2) is 15.0 Å². The van der Waals surface area contributed by atoms with Crippen molar-refractivity contribution in [3.63, 3.8) is 0 Å². The van der Waals surface area contributed by atoms with Crippen LogP contribution in [0, 0.1) is 0 Å². The van der Waals surface area contributed by atoms with E-state index in [0.29, 0.717) is 5.82 Å². The summed E-state index contributed by atoms with van der Waals surface area (Å²) < 4.78 is 1.19. The highest BCUT2D eigenvalue weighted by Crippen LogP contribution is 2.36. The first kappa shape index (κ1) is 25.3. The average molecular weight is 568 g/mol. The van der Waals surface area contributed by atoms with Gasteiger partial charge < -0.3 is 0 Å². The van der Waals surface area contributed by atoms with Crippen LogP contribution in [0.2, 0.25) is 0 Å².